The van der Waals surface area contributed by atoms with Gasteiger partial charge in [-0.3, -0.25) is 4.79 Å². The molecule has 1 aliphatic heterocycles. The van der Waals surface area contributed by atoms with Crippen LogP contribution in [0, 0.1) is 0 Å². The fourth-order valence-corrected chi connectivity index (χ4v) is 2.46. The molecule has 1 amide bonds. The molecule has 0 spiro atoms. The summed E-state index contributed by atoms with van der Waals surface area (Å²) in [4.78, 5) is 17.6. The second-order valence-corrected chi connectivity index (χ2v) is 5.21. The van der Waals surface area contributed by atoms with Gasteiger partial charge in [-0.15, -0.1) is 0 Å². The summed E-state index contributed by atoms with van der Waals surface area (Å²) in [5, 5.41) is 4.01. The molecule has 1 aromatic heterocycles. The number of rotatable bonds is 4. The van der Waals surface area contributed by atoms with Crippen molar-refractivity contribution < 1.29 is 9.32 Å². The van der Waals surface area contributed by atoms with Crippen LogP contribution >= 0.6 is 0 Å². The van der Waals surface area contributed by atoms with Gasteiger partial charge in [-0.1, -0.05) is 35.5 Å². The maximum Gasteiger partial charge on any atom is 0.232 e. The van der Waals surface area contributed by atoms with E-state index in [9.17, 15) is 4.79 Å². The smallest absolute Gasteiger partial charge is 0.232 e. The Morgan fingerprint density at radius 1 is 1.30 bits per heavy atom. The van der Waals surface area contributed by atoms with E-state index in [2.05, 4.69) is 22.3 Å². The molecule has 1 aliphatic rings. The molecule has 5 nitrogen and oxygen atoms in total. The summed E-state index contributed by atoms with van der Waals surface area (Å²) in [5.74, 6) is 1.49. The highest BCUT2D eigenvalue weighted by molar-refractivity contribution is 5.79. The van der Waals surface area contributed by atoms with Crippen molar-refractivity contribution >= 4 is 5.91 Å². The zero-order valence-electron chi connectivity index (χ0n) is 11.5. The van der Waals surface area contributed by atoms with Crippen LogP contribution < -0.4 is 0 Å². The molecular weight excluding hydrogens is 254 g/mol. The van der Waals surface area contributed by atoms with Crippen molar-refractivity contribution in [2.75, 3.05) is 13.6 Å². The Labute approximate surface area is 117 Å². The molecule has 0 N–H and O–H groups in total. The average Bonchev–Trinajstić information content (AvgIpc) is 3.06. The molecule has 0 aliphatic carbocycles. The summed E-state index contributed by atoms with van der Waals surface area (Å²) < 4.78 is 5.29. The zero-order valence-corrected chi connectivity index (χ0v) is 11.5. The number of hydrogen-bond donors (Lipinski definition) is 0. The standard InChI is InChI=1S/C15H17N3O2/c1-18-10-12(9-14(18)19)15-16-13(17-20-15)8-7-11-5-3-2-4-6-11/h2-6,12H,7-10H2,1H3/t12-/m0/s1. The summed E-state index contributed by atoms with van der Waals surface area (Å²) in [5.41, 5.74) is 1.26. The largest absolute Gasteiger partial charge is 0.345 e. The minimum absolute atomic E-state index is 0.0467. The van der Waals surface area contributed by atoms with Crippen LogP contribution in [0.3, 0.4) is 0 Å². The van der Waals surface area contributed by atoms with Crippen LogP contribution in [0.4, 0.5) is 0 Å². The maximum absolute atomic E-state index is 11.5. The molecule has 104 valence electrons. The predicted molar refractivity (Wildman–Crippen MR) is 73.1 cm³/mol. The Balaban J connectivity index is 1.61. The van der Waals surface area contributed by atoms with Crippen molar-refractivity contribution in [3.8, 4) is 0 Å². The van der Waals surface area contributed by atoms with Crippen molar-refractivity contribution in [1.82, 2.24) is 15.0 Å². The first-order valence-electron chi connectivity index (χ1n) is 6.83. The predicted octanol–water partition coefficient (Wildman–Crippen LogP) is 1.80. The third-order valence-electron chi connectivity index (χ3n) is 3.65. The van der Waals surface area contributed by atoms with Crippen molar-refractivity contribution in [3.05, 3.63) is 47.6 Å². The van der Waals surface area contributed by atoms with E-state index in [1.165, 1.54) is 5.56 Å². The normalized spacial score (nSPS) is 18.8. The number of hydrogen-bond acceptors (Lipinski definition) is 4. The molecule has 2 heterocycles. The first-order chi connectivity index (χ1) is 9.72. The topological polar surface area (TPSA) is 59.2 Å². The van der Waals surface area contributed by atoms with E-state index in [1.807, 2.05) is 18.2 Å². The highest BCUT2D eigenvalue weighted by Gasteiger charge is 2.31. The molecule has 1 aromatic carbocycles. The van der Waals surface area contributed by atoms with Crippen LogP contribution in [-0.4, -0.2) is 34.5 Å². The summed E-state index contributed by atoms with van der Waals surface area (Å²) in [6, 6.07) is 10.2. The molecule has 2 aromatic rings. The molecule has 1 fully saturated rings. The van der Waals surface area contributed by atoms with E-state index in [1.54, 1.807) is 11.9 Å². The third-order valence-corrected chi connectivity index (χ3v) is 3.65. The Kier molecular flexibility index (Phi) is 3.50. The van der Waals surface area contributed by atoms with Gasteiger partial charge in [0.05, 0.1) is 5.92 Å². The minimum Gasteiger partial charge on any atom is -0.345 e. The fourth-order valence-electron chi connectivity index (χ4n) is 2.46. The van der Waals surface area contributed by atoms with Gasteiger partial charge in [-0.05, 0) is 12.0 Å². The summed E-state index contributed by atoms with van der Waals surface area (Å²) >= 11 is 0. The maximum atomic E-state index is 11.5. The Hall–Kier alpha value is -2.17. The first-order valence-corrected chi connectivity index (χ1v) is 6.83. The van der Waals surface area contributed by atoms with Crippen LogP contribution in [0.1, 0.15) is 29.6 Å². The number of aromatic nitrogens is 2. The van der Waals surface area contributed by atoms with E-state index in [0.29, 0.717) is 24.7 Å². The molecule has 1 atom stereocenters. The molecule has 3 rings (SSSR count). The van der Waals surface area contributed by atoms with Gasteiger partial charge in [0.2, 0.25) is 11.8 Å². The summed E-state index contributed by atoms with van der Waals surface area (Å²) in [6.45, 7) is 0.666. The quantitative estimate of drug-likeness (QED) is 0.850. The number of aryl methyl sites for hydroxylation is 2. The number of likely N-dealkylation sites (N-methyl/N-ethyl adjacent to an activating group) is 1. The van der Waals surface area contributed by atoms with Crippen LogP contribution in [-0.2, 0) is 17.6 Å². The molecule has 0 bridgehead atoms. The summed E-state index contributed by atoms with van der Waals surface area (Å²) in [6.07, 6.45) is 2.12. The molecular formula is C15H17N3O2. The molecule has 20 heavy (non-hydrogen) atoms. The number of carbonyl (C=O) groups excluding carboxylic acids is 1. The number of likely N-dealkylation sites (tertiary alicyclic amines) is 1. The minimum atomic E-state index is 0.0467. The highest BCUT2D eigenvalue weighted by atomic mass is 16.5. The lowest BCUT2D eigenvalue weighted by Gasteiger charge is -2.05. The number of benzene rings is 1. The van der Waals surface area contributed by atoms with Crippen LogP contribution in [0.25, 0.3) is 0 Å². The van der Waals surface area contributed by atoms with E-state index >= 15 is 0 Å². The first kappa shape index (κ1) is 12.8. The molecule has 0 unspecified atom stereocenters. The molecule has 0 radical (unpaired) electrons. The lowest BCUT2D eigenvalue weighted by molar-refractivity contribution is -0.126. The van der Waals surface area contributed by atoms with E-state index < -0.39 is 0 Å². The van der Waals surface area contributed by atoms with Crippen molar-refractivity contribution in [2.45, 2.75) is 25.2 Å². The number of amides is 1. The Bertz CT molecular complexity index is 594. The second-order valence-electron chi connectivity index (χ2n) is 5.21. The monoisotopic (exact) mass is 271 g/mol. The van der Waals surface area contributed by atoms with Crippen molar-refractivity contribution in [1.29, 1.82) is 0 Å². The van der Waals surface area contributed by atoms with Gasteiger partial charge in [0.15, 0.2) is 5.82 Å². The van der Waals surface area contributed by atoms with E-state index in [-0.39, 0.29) is 11.8 Å². The fraction of sp³-hybridized carbons (Fsp3) is 0.400. The van der Waals surface area contributed by atoms with E-state index in [0.717, 1.165) is 12.8 Å². The van der Waals surface area contributed by atoms with Gasteiger partial charge in [0, 0.05) is 26.4 Å². The van der Waals surface area contributed by atoms with Crippen LogP contribution in [0.15, 0.2) is 34.9 Å². The lowest BCUT2D eigenvalue weighted by Crippen LogP contribution is -2.18. The van der Waals surface area contributed by atoms with Gasteiger partial charge >= 0.3 is 0 Å². The lowest BCUT2D eigenvalue weighted by atomic mass is 10.1. The van der Waals surface area contributed by atoms with Crippen LogP contribution in [0.2, 0.25) is 0 Å². The van der Waals surface area contributed by atoms with Gasteiger partial charge in [-0.25, -0.2) is 0 Å². The van der Waals surface area contributed by atoms with Gasteiger partial charge in [0.25, 0.3) is 0 Å². The third kappa shape index (κ3) is 2.71. The number of carbonyl (C=O) groups is 1. The van der Waals surface area contributed by atoms with Crippen LogP contribution in [0.5, 0.6) is 0 Å². The zero-order chi connectivity index (χ0) is 13.9. The summed E-state index contributed by atoms with van der Waals surface area (Å²) in [7, 11) is 1.80. The number of nitrogens with zero attached hydrogens (tertiary/aromatic N) is 3. The van der Waals surface area contributed by atoms with Gasteiger partial charge in [-0.2, -0.15) is 4.98 Å². The molecule has 1 saturated heterocycles. The molecule has 0 saturated carbocycles. The van der Waals surface area contributed by atoms with Gasteiger partial charge < -0.3 is 9.42 Å². The second kappa shape index (κ2) is 5.45. The van der Waals surface area contributed by atoms with Gasteiger partial charge in [0.1, 0.15) is 0 Å². The van der Waals surface area contributed by atoms with Crippen molar-refractivity contribution in [2.24, 2.45) is 0 Å². The highest BCUT2D eigenvalue weighted by Crippen LogP contribution is 2.25. The average molecular weight is 271 g/mol. The van der Waals surface area contributed by atoms with Crippen molar-refractivity contribution in [3.63, 3.8) is 0 Å². The SMILES string of the molecule is CN1C[C@@H](c2nc(CCc3ccccc3)no2)CC1=O. The Morgan fingerprint density at radius 2 is 2.10 bits per heavy atom. The van der Waals surface area contributed by atoms with E-state index in [4.69, 9.17) is 4.52 Å². The Morgan fingerprint density at radius 3 is 2.80 bits per heavy atom. The molecule has 5 heteroatoms.